The molecule has 2 aromatic carbocycles. The maximum Gasteiger partial charge on any atom is 0.268 e. The van der Waals surface area contributed by atoms with Crippen LogP contribution in [0.25, 0.3) is 0 Å². The lowest BCUT2D eigenvalue weighted by atomic mass is 10.1. The molecule has 3 aromatic rings. The van der Waals surface area contributed by atoms with Gasteiger partial charge in [0.05, 0.1) is 6.54 Å². The van der Waals surface area contributed by atoms with Crippen LogP contribution in [0.3, 0.4) is 0 Å². The van der Waals surface area contributed by atoms with Gasteiger partial charge in [-0.2, -0.15) is 0 Å². The van der Waals surface area contributed by atoms with Crippen LogP contribution >= 0.6 is 15.9 Å². The van der Waals surface area contributed by atoms with E-state index in [0.29, 0.717) is 23.3 Å². The number of rotatable bonds is 6. The molecule has 0 fully saturated rings. The summed E-state index contributed by atoms with van der Waals surface area (Å²) in [5, 5.41) is 0. The van der Waals surface area contributed by atoms with E-state index in [-0.39, 0.29) is 18.0 Å². The van der Waals surface area contributed by atoms with Crippen LogP contribution in [0.5, 0.6) is 5.75 Å². The lowest BCUT2D eigenvalue weighted by Gasteiger charge is -2.12. The maximum atomic E-state index is 12.9. The Morgan fingerprint density at radius 3 is 2.50 bits per heavy atom. The summed E-state index contributed by atoms with van der Waals surface area (Å²) in [4.78, 5) is 12.6. The number of hydrogen-bond donors (Lipinski definition) is 1. The molecule has 0 aliphatic rings. The minimum absolute atomic E-state index is 0.181. The highest BCUT2D eigenvalue weighted by atomic mass is 79.9. The van der Waals surface area contributed by atoms with E-state index in [0.717, 1.165) is 16.7 Å². The molecular weight excluding hydrogens is 399 g/mol. The molecule has 134 valence electrons. The number of halogens is 2. The largest absolute Gasteiger partial charge is 0.487 e. The highest BCUT2D eigenvalue weighted by Gasteiger charge is 2.10. The van der Waals surface area contributed by atoms with Gasteiger partial charge in [0, 0.05) is 12.7 Å². The molecule has 0 saturated carbocycles. The highest BCUT2D eigenvalue weighted by Crippen LogP contribution is 2.22. The van der Waals surface area contributed by atoms with Crippen molar-refractivity contribution in [3.63, 3.8) is 0 Å². The second-order valence-electron chi connectivity index (χ2n) is 5.87. The minimum atomic E-state index is -0.295. The summed E-state index contributed by atoms with van der Waals surface area (Å²) in [5.74, 6) is 0.155. The first-order chi connectivity index (χ1) is 12.6. The van der Waals surface area contributed by atoms with Gasteiger partial charge in [0.15, 0.2) is 0 Å². The zero-order valence-electron chi connectivity index (χ0n) is 14.0. The molecule has 1 heterocycles. The van der Waals surface area contributed by atoms with Crippen molar-refractivity contribution in [2.75, 3.05) is 0 Å². The summed E-state index contributed by atoms with van der Waals surface area (Å²) >= 11 is 3.32. The Morgan fingerprint density at radius 1 is 1.04 bits per heavy atom. The Labute approximate surface area is 159 Å². The fourth-order valence-electron chi connectivity index (χ4n) is 2.56. The predicted molar refractivity (Wildman–Crippen MR) is 103 cm³/mol. The molecule has 0 aliphatic carbocycles. The van der Waals surface area contributed by atoms with Crippen molar-refractivity contribution in [2.24, 2.45) is 5.73 Å². The maximum absolute atomic E-state index is 12.9. The smallest absolute Gasteiger partial charge is 0.268 e. The molecule has 0 radical (unpaired) electrons. The van der Waals surface area contributed by atoms with Gasteiger partial charge in [-0.3, -0.25) is 4.79 Å². The van der Waals surface area contributed by atoms with Crippen LogP contribution < -0.4 is 16.0 Å². The summed E-state index contributed by atoms with van der Waals surface area (Å²) in [5.41, 5.74) is 8.33. The van der Waals surface area contributed by atoms with Gasteiger partial charge >= 0.3 is 0 Å². The Balaban J connectivity index is 1.75. The van der Waals surface area contributed by atoms with Crippen molar-refractivity contribution in [2.45, 2.75) is 19.7 Å². The number of ether oxygens (including phenoxy) is 1. The summed E-state index contributed by atoms with van der Waals surface area (Å²) in [6, 6.07) is 15.6. The van der Waals surface area contributed by atoms with Gasteiger partial charge in [0.2, 0.25) is 0 Å². The molecule has 0 atom stereocenters. The van der Waals surface area contributed by atoms with Gasteiger partial charge in [-0.15, -0.1) is 0 Å². The second kappa shape index (κ2) is 8.29. The molecule has 0 amide bonds. The first-order valence-electron chi connectivity index (χ1n) is 8.11. The monoisotopic (exact) mass is 416 g/mol. The molecule has 0 saturated heterocycles. The van der Waals surface area contributed by atoms with Crippen LogP contribution in [-0.2, 0) is 19.7 Å². The van der Waals surface area contributed by atoms with Crippen LogP contribution in [0.4, 0.5) is 4.39 Å². The lowest BCUT2D eigenvalue weighted by molar-refractivity contribution is 0.302. The third-order valence-electron chi connectivity index (χ3n) is 3.96. The molecular formula is C20H18BrFN2O2. The van der Waals surface area contributed by atoms with Crippen LogP contribution in [0.1, 0.15) is 16.7 Å². The Hall–Kier alpha value is -2.44. The zero-order valence-corrected chi connectivity index (χ0v) is 15.6. The highest BCUT2D eigenvalue weighted by molar-refractivity contribution is 9.10. The predicted octanol–water partition coefficient (Wildman–Crippen LogP) is 3.84. The van der Waals surface area contributed by atoms with E-state index in [4.69, 9.17) is 10.5 Å². The quantitative estimate of drug-likeness (QED) is 0.663. The number of nitrogens with zero attached hydrogens (tertiary/aromatic N) is 1. The summed E-state index contributed by atoms with van der Waals surface area (Å²) in [6.45, 7) is 1.16. The Morgan fingerprint density at radius 2 is 1.77 bits per heavy atom. The molecule has 0 spiro atoms. The van der Waals surface area contributed by atoms with E-state index >= 15 is 0 Å². The van der Waals surface area contributed by atoms with Gasteiger partial charge in [0.1, 0.15) is 22.6 Å². The molecule has 3 rings (SSSR count). The fourth-order valence-corrected chi connectivity index (χ4v) is 3.03. The number of hydrogen-bond acceptors (Lipinski definition) is 3. The lowest BCUT2D eigenvalue weighted by Crippen LogP contribution is -2.21. The average Bonchev–Trinajstić information content (AvgIpc) is 2.66. The van der Waals surface area contributed by atoms with E-state index in [1.165, 1.54) is 12.1 Å². The molecule has 0 aliphatic heterocycles. The summed E-state index contributed by atoms with van der Waals surface area (Å²) in [7, 11) is 0. The van der Waals surface area contributed by atoms with Crippen molar-refractivity contribution >= 4 is 15.9 Å². The minimum Gasteiger partial charge on any atom is -0.487 e. The van der Waals surface area contributed by atoms with Crippen molar-refractivity contribution < 1.29 is 9.13 Å². The van der Waals surface area contributed by atoms with E-state index in [9.17, 15) is 9.18 Å². The summed E-state index contributed by atoms with van der Waals surface area (Å²) in [6.07, 6.45) is 1.70. The normalized spacial score (nSPS) is 10.7. The Kier molecular flexibility index (Phi) is 5.85. The molecule has 1 aromatic heterocycles. The van der Waals surface area contributed by atoms with Gasteiger partial charge in [-0.25, -0.2) is 4.39 Å². The van der Waals surface area contributed by atoms with Gasteiger partial charge < -0.3 is 15.0 Å². The van der Waals surface area contributed by atoms with E-state index in [2.05, 4.69) is 15.9 Å². The number of aromatic nitrogens is 1. The van der Waals surface area contributed by atoms with Gasteiger partial charge in [-0.1, -0.05) is 36.4 Å². The standard InChI is InChI=1S/C20H18BrFN2O2/c21-19-18(26-13-14-4-6-17(22)7-5-14)8-9-24(20(19)25)12-16-3-1-2-15(10-16)11-23/h1-10H,11-13,23H2. The fraction of sp³-hybridized carbons (Fsp3) is 0.150. The number of benzene rings is 2. The van der Waals surface area contributed by atoms with Crippen LogP contribution in [-0.4, -0.2) is 4.57 Å². The van der Waals surface area contributed by atoms with Crippen molar-refractivity contribution in [1.82, 2.24) is 4.57 Å². The topological polar surface area (TPSA) is 57.2 Å². The van der Waals surface area contributed by atoms with Crippen LogP contribution in [0.2, 0.25) is 0 Å². The van der Waals surface area contributed by atoms with Gasteiger partial charge in [-0.05, 0) is 50.8 Å². The average molecular weight is 417 g/mol. The molecule has 6 heteroatoms. The first kappa shape index (κ1) is 18.4. The number of nitrogens with two attached hydrogens (primary N) is 1. The third-order valence-corrected chi connectivity index (χ3v) is 4.69. The molecule has 4 nitrogen and oxygen atoms in total. The number of pyridine rings is 1. The first-order valence-corrected chi connectivity index (χ1v) is 8.90. The molecule has 0 unspecified atom stereocenters. The second-order valence-corrected chi connectivity index (χ2v) is 6.66. The summed E-state index contributed by atoms with van der Waals surface area (Å²) < 4.78 is 20.6. The molecule has 2 N–H and O–H groups in total. The van der Waals surface area contributed by atoms with E-state index < -0.39 is 0 Å². The third kappa shape index (κ3) is 4.39. The SMILES string of the molecule is NCc1cccc(Cn2ccc(OCc3ccc(F)cc3)c(Br)c2=O)c1. The van der Waals surface area contributed by atoms with Crippen molar-refractivity contribution in [1.29, 1.82) is 0 Å². The van der Waals surface area contributed by atoms with Crippen molar-refractivity contribution in [3.05, 3.63) is 98.1 Å². The van der Waals surface area contributed by atoms with Gasteiger partial charge in [0.25, 0.3) is 5.56 Å². The molecule has 0 bridgehead atoms. The van der Waals surface area contributed by atoms with Crippen LogP contribution in [0.15, 0.2) is 70.1 Å². The van der Waals surface area contributed by atoms with Crippen LogP contribution in [0, 0.1) is 5.82 Å². The Bertz CT molecular complexity index is 955. The van der Waals surface area contributed by atoms with E-state index in [1.54, 1.807) is 29.0 Å². The molecule has 26 heavy (non-hydrogen) atoms. The zero-order chi connectivity index (χ0) is 18.5. The van der Waals surface area contributed by atoms with Crippen molar-refractivity contribution in [3.8, 4) is 5.75 Å². The van der Waals surface area contributed by atoms with E-state index in [1.807, 2.05) is 24.3 Å².